The maximum Gasteiger partial charge on any atom is 0.187 e. The van der Waals surface area contributed by atoms with Gasteiger partial charge >= 0.3 is 0 Å². The Morgan fingerprint density at radius 3 is 2.15 bits per heavy atom. The van der Waals surface area contributed by atoms with Gasteiger partial charge < -0.3 is 9.67 Å². The number of phenols is 1. The molecule has 0 aliphatic heterocycles. The Hall–Kier alpha value is -3.65. The van der Waals surface area contributed by atoms with Gasteiger partial charge in [0.1, 0.15) is 6.07 Å². The molecular formula is C21H12F2N2O. The number of benzene rings is 3. The minimum atomic E-state index is -1.06. The Labute approximate surface area is 148 Å². The number of halogens is 2. The highest BCUT2D eigenvalue weighted by atomic mass is 19.1. The highest BCUT2D eigenvalue weighted by molar-refractivity contribution is 5.96. The summed E-state index contributed by atoms with van der Waals surface area (Å²) in [4.78, 5) is 0. The number of hydrogen-bond donors (Lipinski definition) is 1. The van der Waals surface area contributed by atoms with E-state index in [0.29, 0.717) is 22.2 Å². The zero-order valence-corrected chi connectivity index (χ0v) is 13.4. The van der Waals surface area contributed by atoms with Crippen LogP contribution in [0.25, 0.3) is 27.8 Å². The van der Waals surface area contributed by atoms with Crippen LogP contribution in [0.5, 0.6) is 5.75 Å². The molecule has 0 unspecified atom stereocenters. The molecule has 0 fully saturated rings. The quantitative estimate of drug-likeness (QED) is 0.545. The first-order chi connectivity index (χ1) is 12.6. The topological polar surface area (TPSA) is 49.0 Å². The molecule has 3 nitrogen and oxygen atoms in total. The second-order valence-electron chi connectivity index (χ2n) is 5.81. The summed E-state index contributed by atoms with van der Waals surface area (Å²) in [6, 6.07) is 20.7. The van der Waals surface area contributed by atoms with Crippen LogP contribution in [-0.2, 0) is 0 Å². The molecule has 3 aromatic carbocycles. The predicted molar refractivity (Wildman–Crippen MR) is 95.0 cm³/mol. The third-order valence-corrected chi connectivity index (χ3v) is 4.29. The number of nitriles is 1. The zero-order valence-electron chi connectivity index (χ0n) is 13.4. The fraction of sp³-hybridized carbons (Fsp3) is 0. The average molecular weight is 346 g/mol. The van der Waals surface area contributed by atoms with E-state index in [4.69, 9.17) is 0 Å². The number of phenolic OH excluding ortho intramolecular Hbond substituents is 1. The van der Waals surface area contributed by atoms with Crippen LogP contribution in [0.1, 0.15) is 5.56 Å². The van der Waals surface area contributed by atoms with Crippen molar-refractivity contribution in [2.24, 2.45) is 0 Å². The highest BCUT2D eigenvalue weighted by Crippen LogP contribution is 2.37. The van der Waals surface area contributed by atoms with Gasteiger partial charge in [-0.3, -0.25) is 0 Å². The normalized spacial score (nSPS) is 10.8. The Kier molecular flexibility index (Phi) is 3.67. The van der Waals surface area contributed by atoms with Gasteiger partial charge in [-0.2, -0.15) is 5.26 Å². The first-order valence-corrected chi connectivity index (χ1v) is 7.89. The smallest absolute Gasteiger partial charge is 0.187 e. The third kappa shape index (κ3) is 2.32. The lowest BCUT2D eigenvalue weighted by molar-refractivity contribution is 0.396. The Bertz CT molecular complexity index is 1150. The first-order valence-electron chi connectivity index (χ1n) is 7.89. The molecule has 0 aliphatic rings. The summed E-state index contributed by atoms with van der Waals surface area (Å²) in [7, 11) is 0. The van der Waals surface area contributed by atoms with Crippen LogP contribution in [0.4, 0.5) is 8.78 Å². The molecule has 5 heteroatoms. The largest absolute Gasteiger partial charge is 0.503 e. The van der Waals surface area contributed by atoms with E-state index in [0.717, 1.165) is 17.7 Å². The van der Waals surface area contributed by atoms with Gasteiger partial charge in [0, 0.05) is 17.5 Å². The Morgan fingerprint density at radius 2 is 1.50 bits per heavy atom. The van der Waals surface area contributed by atoms with E-state index >= 15 is 0 Å². The van der Waals surface area contributed by atoms with Crippen molar-refractivity contribution in [3.8, 4) is 28.8 Å². The van der Waals surface area contributed by atoms with Crippen molar-refractivity contribution >= 4 is 10.9 Å². The van der Waals surface area contributed by atoms with Crippen LogP contribution in [0, 0.1) is 23.0 Å². The van der Waals surface area contributed by atoms with Crippen molar-refractivity contribution in [3.05, 3.63) is 83.9 Å². The van der Waals surface area contributed by atoms with Crippen molar-refractivity contribution in [1.82, 2.24) is 4.57 Å². The van der Waals surface area contributed by atoms with Crippen molar-refractivity contribution in [3.63, 3.8) is 0 Å². The van der Waals surface area contributed by atoms with Crippen LogP contribution in [0.15, 0.2) is 66.7 Å². The SMILES string of the molecule is N#Cc1c(-c2ccccc2)n(-c2cc(F)c(O)c(F)c2)c2ccccc12. The van der Waals surface area contributed by atoms with Crippen LogP contribution >= 0.6 is 0 Å². The first kappa shape index (κ1) is 15.9. The van der Waals surface area contributed by atoms with Crippen molar-refractivity contribution in [1.29, 1.82) is 5.26 Å². The highest BCUT2D eigenvalue weighted by Gasteiger charge is 2.21. The van der Waals surface area contributed by atoms with Gasteiger partial charge in [-0.1, -0.05) is 48.5 Å². The van der Waals surface area contributed by atoms with E-state index < -0.39 is 17.4 Å². The van der Waals surface area contributed by atoms with Gasteiger partial charge in [-0.25, -0.2) is 8.78 Å². The van der Waals surface area contributed by atoms with Crippen LogP contribution in [0.2, 0.25) is 0 Å². The molecule has 126 valence electrons. The molecule has 0 amide bonds. The van der Waals surface area contributed by atoms with Gasteiger partial charge in [0.15, 0.2) is 17.4 Å². The maximum absolute atomic E-state index is 14.0. The van der Waals surface area contributed by atoms with E-state index in [2.05, 4.69) is 6.07 Å². The Balaban J connectivity index is 2.17. The van der Waals surface area contributed by atoms with E-state index in [1.807, 2.05) is 30.3 Å². The van der Waals surface area contributed by atoms with E-state index in [1.165, 1.54) is 0 Å². The van der Waals surface area contributed by atoms with Crippen molar-refractivity contribution in [2.45, 2.75) is 0 Å². The number of hydrogen-bond acceptors (Lipinski definition) is 2. The molecule has 0 aliphatic carbocycles. The van der Waals surface area contributed by atoms with Gasteiger partial charge in [-0.05, 0) is 11.6 Å². The molecule has 0 spiro atoms. The molecule has 0 atom stereocenters. The number of fused-ring (bicyclic) bond motifs is 1. The number of para-hydroxylation sites is 1. The minimum absolute atomic E-state index is 0.189. The number of aromatic nitrogens is 1. The molecule has 4 aromatic rings. The molecule has 0 radical (unpaired) electrons. The summed E-state index contributed by atoms with van der Waals surface area (Å²) in [6.07, 6.45) is 0. The summed E-state index contributed by atoms with van der Waals surface area (Å²) in [5.74, 6) is -3.14. The summed E-state index contributed by atoms with van der Waals surface area (Å²) < 4.78 is 29.6. The lowest BCUT2D eigenvalue weighted by atomic mass is 10.1. The van der Waals surface area contributed by atoms with E-state index in [-0.39, 0.29) is 5.69 Å². The van der Waals surface area contributed by atoms with Crippen molar-refractivity contribution in [2.75, 3.05) is 0 Å². The summed E-state index contributed by atoms with van der Waals surface area (Å²) in [5.41, 5.74) is 2.54. The predicted octanol–water partition coefficient (Wildman–Crippen LogP) is 5.15. The fourth-order valence-electron chi connectivity index (χ4n) is 3.17. The molecule has 1 aromatic heterocycles. The molecule has 0 bridgehead atoms. The summed E-state index contributed by atoms with van der Waals surface area (Å²) in [5, 5.41) is 19.8. The number of aromatic hydroxyl groups is 1. The summed E-state index contributed by atoms with van der Waals surface area (Å²) >= 11 is 0. The Morgan fingerprint density at radius 1 is 0.885 bits per heavy atom. The standard InChI is InChI=1S/C21H12F2N2O/c22-17-10-14(11-18(23)21(17)26)25-19-9-5-4-8-15(19)16(12-24)20(25)13-6-2-1-3-7-13/h1-11,26H. The molecular weight excluding hydrogens is 334 g/mol. The molecule has 4 rings (SSSR count). The lowest BCUT2D eigenvalue weighted by Gasteiger charge is -2.12. The number of rotatable bonds is 2. The molecule has 1 heterocycles. The fourth-order valence-corrected chi connectivity index (χ4v) is 3.17. The number of nitrogens with zero attached hydrogens (tertiary/aromatic N) is 2. The second-order valence-corrected chi connectivity index (χ2v) is 5.81. The van der Waals surface area contributed by atoms with Gasteiger partial charge in [-0.15, -0.1) is 0 Å². The van der Waals surface area contributed by atoms with E-state index in [9.17, 15) is 19.1 Å². The average Bonchev–Trinajstić information content (AvgIpc) is 3.00. The van der Waals surface area contributed by atoms with Crippen LogP contribution < -0.4 is 0 Å². The van der Waals surface area contributed by atoms with Crippen LogP contribution in [-0.4, -0.2) is 9.67 Å². The maximum atomic E-state index is 14.0. The van der Waals surface area contributed by atoms with Crippen molar-refractivity contribution < 1.29 is 13.9 Å². The summed E-state index contributed by atoms with van der Waals surface area (Å²) in [6.45, 7) is 0. The van der Waals surface area contributed by atoms with Crippen LogP contribution in [0.3, 0.4) is 0 Å². The molecule has 1 N–H and O–H groups in total. The molecule has 26 heavy (non-hydrogen) atoms. The minimum Gasteiger partial charge on any atom is -0.503 e. The monoisotopic (exact) mass is 346 g/mol. The van der Waals surface area contributed by atoms with Gasteiger partial charge in [0.05, 0.1) is 22.5 Å². The van der Waals surface area contributed by atoms with Gasteiger partial charge in [0.25, 0.3) is 0 Å². The van der Waals surface area contributed by atoms with Gasteiger partial charge in [0.2, 0.25) is 0 Å². The molecule has 0 saturated carbocycles. The van der Waals surface area contributed by atoms with E-state index in [1.54, 1.807) is 28.8 Å². The molecule has 0 saturated heterocycles. The third-order valence-electron chi connectivity index (χ3n) is 4.29. The lowest BCUT2D eigenvalue weighted by Crippen LogP contribution is -2.00. The second kappa shape index (κ2) is 6.01. The zero-order chi connectivity index (χ0) is 18.3.